The molecule has 0 saturated heterocycles. The number of nitrogens with zero attached hydrogens (tertiary/aromatic N) is 2. The summed E-state index contributed by atoms with van der Waals surface area (Å²) in [5.74, 6) is 0. The Bertz CT molecular complexity index is 4190. The summed E-state index contributed by atoms with van der Waals surface area (Å²) >= 11 is 0. The Morgan fingerprint density at radius 2 is 0.757 bits per heavy atom. The van der Waals surface area contributed by atoms with Crippen LogP contribution in [0.1, 0.15) is 52.7 Å². The van der Waals surface area contributed by atoms with Gasteiger partial charge in [0.15, 0.2) is 0 Å². The van der Waals surface area contributed by atoms with E-state index in [1.165, 1.54) is 104 Å². The van der Waals surface area contributed by atoms with Gasteiger partial charge in [-0.15, -0.1) is 0 Å². The zero-order valence-electron chi connectivity index (χ0n) is 43.0. The predicted octanol–water partition coefficient (Wildman–Crippen LogP) is 20.4. The normalized spacial score (nSPS) is 12.2. The molecule has 0 aliphatic carbocycles. The number of aromatic nitrogens is 1. The highest BCUT2D eigenvalue weighted by molar-refractivity contribution is 6.27. The Morgan fingerprint density at radius 1 is 0.311 bits per heavy atom. The minimum atomic E-state index is 0.0194. The summed E-state index contributed by atoms with van der Waals surface area (Å²) in [5, 5.41) is 10.0. The number of rotatable bonds is 8. The second-order valence-electron chi connectivity index (χ2n) is 22.2. The number of benzene rings is 12. The second-order valence-corrected chi connectivity index (χ2v) is 22.2. The number of hydrogen-bond acceptors (Lipinski definition) is 1. The molecule has 0 aliphatic rings. The molecule has 356 valence electrons. The Balaban J connectivity index is 1.03. The molecule has 0 fully saturated rings. The Hall–Kier alpha value is -8.72. The highest BCUT2D eigenvalue weighted by Gasteiger charge is 2.25. The van der Waals surface area contributed by atoms with E-state index in [2.05, 4.69) is 294 Å². The van der Waals surface area contributed by atoms with Crippen LogP contribution in [-0.2, 0) is 10.8 Å². The van der Waals surface area contributed by atoms with Crippen molar-refractivity contribution in [2.24, 2.45) is 0 Å². The van der Waals surface area contributed by atoms with Gasteiger partial charge in [-0.2, -0.15) is 0 Å². The maximum Gasteiger partial charge on any atom is 0.0541 e. The Labute approximate surface area is 434 Å². The third-order valence-corrected chi connectivity index (χ3v) is 15.4. The van der Waals surface area contributed by atoms with Crippen LogP contribution in [0.5, 0.6) is 0 Å². The van der Waals surface area contributed by atoms with Crippen molar-refractivity contribution in [1.82, 2.24) is 4.57 Å². The molecule has 0 spiro atoms. The van der Waals surface area contributed by atoms with Gasteiger partial charge in [0.25, 0.3) is 0 Å². The number of fused-ring (bicyclic) bond motifs is 3. The average molecular weight is 951 g/mol. The fraction of sp³-hybridized carbons (Fsp3) is 0.111. The van der Waals surface area contributed by atoms with Gasteiger partial charge in [-0.1, -0.05) is 217 Å². The molecule has 0 amide bonds. The van der Waals surface area contributed by atoms with Gasteiger partial charge >= 0.3 is 0 Å². The van der Waals surface area contributed by atoms with Crippen LogP contribution in [0.3, 0.4) is 0 Å². The third-order valence-electron chi connectivity index (χ3n) is 15.4. The molecule has 0 unspecified atom stereocenters. The van der Waals surface area contributed by atoms with Crippen LogP contribution in [0.25, 0.3) is 104 Å². The lowest BCUT2D eigenvalue weighted by Crippen LogP contribution is -2.11. The summed E-state index contributed by atoms with van der Waals surface area (Å²) in [7, 11) is 0. The van der Waals surface area contributed by atoms with Crippen molar-refractivity contribution >= 4 is 71.2 Å². The first-order valence-electron chi connectivity index (χ1n) is 26.1. The lowest BCUT2D eigenvalue weighted by Gasteiger charge is -2.29. The van der Waals surface area contributed by atoms with E-state index < -0.39 is 0 Å². The standard InChI is InChI=1S/C72H58N2/c1-71(2,3)55-34-40-67-63(45-55)64-46-56(72(4,5)6)35-41-68(64)74(67)66-39-33-50-30-36-61-65(38-32-49-31-37-62(66)70(50)69(49)61)73(57-26-16-24-53(43-57)52-23-15-22-51(42-52)47-18-9-7-10-19-47)58-27-17-25-54(44-58)60-29-14-13-28-59(60)48-20-11-8-12-21-48/h7-46H,1-6H3. The molecule has 12 aromatic carbocycles. The van der Waals surface area contributed by atoms with Crippen LogP contribution in [0.4, 0.5) is 17.1 Å². The lowest BCUT2D eigenvalue weighted by atomic mass is 9.85. The zero-order chi connectivity index (χ0) is 50.3. The van der Waals surface area contributed by atoms with E-state index in [9.17, 15) is 0 Å². The molecule has 0 N–H and O–H groups in total. The third kappa shape index (κ3) is 7.72. The van der Waals surface area contributed by atoms with Crippen molar-refractivity contribution in [1.29, 1.82) is 0 Å². The fourth-order valence-electron chi connectivity index (χ4n) is 11.6. The molecular formula is C72H58N2. The maximum absolute atomic E-state index is 2.53. The molecule has 13 rings (SSSR count). The number of hydrogen-bond donors (Lipinski definition) is 0. The minimum Gasteiger partial charge on any atom is -0.310 e. The Kier molecular flexibility index (Phi) is 10.7. The first-order valence-corrected chi connectivity index (χ1v) is 26.1. The first-order chi connectivity index (χ1) is 36.0. The van der Waals surface area contributed by atoms with Crippen LogP contribution >= 0.6 is 0 Å². The number of anilines is 3. The molecular weight excluding hydrogens is 893 g/mol. The monoisotopic (exact) mass is 950 g/mol. The molecule has 0 saturated carbocycles. The van der Waals surface area contributed by atoms with Crippen molar-refractivity contribution in [2.75, 3.05) is 4.90 Å². The molecule has 74 heavy (non-hydrogen) atoms. The SMILES string of the molecule is CC(C)(C)c1ccc2c(c1)c1cc(C(C)(C)C)ccc1n2-c1ccc2ccc3c(N(c4cccc(-c5cccc(-c6ccccc6)c5)c4)c4cccc(-c5ccccc5-c5ccccc5)c4)ccc4ccc1c2c43. The quantitative estimate of drug-likeness (QED) is 0.138. The molecule has 0 bridgehead atoms. The van der Waals surface area contributed by atoms with Gasteiger partial charge in [0.2, 0.25) is 0 Å². The van der Waals surface area contributed by atoms with E-state index in [0.717, 1.165) is 28.2 Å². The largest absolute Gasteiger partial charge is 0.310 e. The fourth-order valence-corrected chi connectivity index (χ4v) is 11.6. The summed E-state index contributed by atoms with van der Waals surface area (Å²) in [5.41, 5.74) is 19.2. The van der Waals surface area contributed by atoms with Crippen LogP contribution in [0.2, 0.25) is 0 Å². The highest BCUT2D eigenvalue weighted by atomic mass is 15.1. The minimum absolute atomic E-state index is 0.0194. The molecule has 0 aliphatic heterocycles. The topological polar surface area (TPSA) is 8.17 Å². The predicted molar refractivity (Wildman–Crippen MR) is 318 cm³/mol. The van der Waals surface area contributed by atoms with Crippen molar-refractivity contribution in [2.45, 2.75) is 52.4 Å². The van der Waals surface area contributed by atoms with Gasteiger partial charge in [0.1, 0.15) is 0 Å². The van der Waals surface area contributed by atoms with Crippen molar-refractivity contribution in [3.05, 3.63) is 254 Å². The van der Waals surface area contributed by atoms with Gasteiger partial charge < -0.3 is 9.47 Å². The van der Waals surface area contributed by atoms with Crippen LogP contribution in [-0.4, -0.2) is 4.57 Å². The van der Waals surface area contributed by atoms with Gasteiger partial charge in [-0.05, 0) is 155 Å². The maximum atomic E-state index is 2.53. The summed E-state index contributed by atoms with van der Waals surface area (Å²) < 4.78 is 2.53. The van der Waals surface area contributed by atoms with Gasteiger partial charge in [-0.3, -0.25) is 0 Å². The summed E-state index contributed by atoms with van der Waals surface area (Å²) in [6.45, 7) is 13.9. The van der Waals surface area contributed by atoms with Crippen molar-refractivity contribution in [3.8, 4) is 50.2 Å². The van der Waals surface area contributed by atoms with E-state index in [-0.39, 0.29) is 10.8 Å². The van der Waals surface area contributed by atoms with Crippen LogP contribution < -0.4 is 4.90 Å². The van der Waals surface area contributed by atoms with E-state index in [4.69, 9.17) is 0 Å². The molecule has 1 heterocycles. The van der Waals surface area contributed by atoms with Gasteiger partial charge in [0.05, 0.1) is 22.4 Å². The van der Waals surface area contributed by atoms with Crippen molar-refractivity contribution < 1.29 is 0 Å². The van der Waals surface area contributed by atoms with Crippen LogP contribution in [0, 0.1) is 0 Å². The molecule has 2 heteroatoms. The lowest BCUT2D eigenvalue weighted by molar-refractivity contribution is 0.590. The van der Waals surface area contributed by atoms with Gasteiger partial charge in [0, 0.05) is 32.9 Å². The summed E-state index contributed by atoms with van der Waals surface area (Å²) in [6.07, 6.45) is 0. The van der Waals surface area contributed by atoms with E-state index in [0.29, 0.717) is 0 Å². The van der Waals surface area contributed by atoms with E-state index in [1.807, 2.05) is 0 Å². The first kappa shape index (κ1) is 45.2. The summed E-state index contributed by atoms with van der Waals surface area (Å²) in [6, 6.07) is 90.4. The Morgan fingerprint density at radius 3 is 1.36 bits per heavy atom. The van der Waals surface area contributed by atoms with Crippen molar-refractivity contribution in [3.63, 3.8) is 0 Å². The molecule has 1 aromatic heterocycles. The second kappa shape index (κ2) is 17.5. The summed E-state index contributed by atoms with van der Waals surface area (Å²) in [4.78, 5) is 2.48. The van der Waals surface area contributed by atoms with Crippen LogP contribution in [0.15, 0.2) is 243 Å². The molecule has 0 radical (unpaired) electrons. The molecule has 13 aromatic rings. The van der Waals surface area contributed by atoms with E-state index in [1.54, 1.807) is 0 Å². The highest BCUT2D eigenvalue weighted by Crippen LogP contribution is 2.48. The van der Waals surface area contributed by atoms with Gasteiger partial charge in [-0.25, -0.2) is 0 Å². The van der Waals surface area contributed by atoms with E-state index >= 15 is 0 Å². The smallest absolute Gasteiger partial charge is 0.0541 e. The average Bonchev–Trinajstić information content (AvgIpc) is 3.80. The zero-order valence-corrected chi connectivity index (χ0v) is 43.0. The molecule has 2 nitrogen and oxygen atoms in total. The molecule has 0 atom stereocenters.